The Morgan fingerprint density at radius 3 is 2.26 bits per heavy atom. The van der Waals surface area contributed by atoms with Gasteiger partial charge >= 0.3 is 0 Å². The summed E-state index contributed by atoms with van der Waals surface area (Å²) in [5.41, 5.74) is 6.08. The molecule has 0 heterocycles. The molecule has 0 unspecified atom stereocenters. The SMILES string of the molecule is Cl.NCC(=O)NCC(=O)NCC1(c2ccc(F)cc2)CCCC1. The molecule has 1 aromatic rings. The third-order valence-electron chi connectivity index (χ3n) is 4.27. The third-order valence-corrected chi connectivity index (χ3v) is 4.27. The Balaban J connectivity index is 0.00000264. The van der Waals surface area contributed by atoms with E-state index in [-0.39, 0.29) is 48.5 Å². The monoisotopic (exact) mass is 343 g/mol. The molecule has 0 bridgehead atoms. The number of benzene rings is 1. The van der Waals surface area contributed by atoms with E-state index in [1.54, 1.807) is 12.1 Å². The summed E-state index contributed by atoms with van der Waals surface area (Å²) in [5.74, 6) is -0.857. The number of carbonyl (C=O) groups excluding carboxylic acids is 2. The fraction of sp³-hybridized carbons (Fsp3) is 0.500. The lowest BCUT2D eigenvalue weighted by Crippen LogP contribution is -2.44. The van der Waals surface area contributed by atoms with Gasteiger partial charge in [-0.3, -0.25) is 9.59 Å². The maximum atomic E-state index is 13.1. The highest BCUT2D eigenvalue weighted by atomic mass is 35.5. The van der Waals surface area contributed by atoms with E-state index in [2.05, 4.69) is 10.6 Å². The van der Waals surface area contributed by atoms with Crippen molar-refractivity contribution in [3.63, 3.8) is 0 Å². The van der Waals surface area contributed by atoms with Crippen molar-refractivity contribution < 1.29 is 14.0 Å². The summed E-state index contributed by atoms with van der Waals surface area (Å²) in [4.78, 5) is 22.9. The number of nitrogens with one attached hydrogen (secondary N) is 2. The molecule has 5 nitrogen and oxygen atoms in total. The van der Waals surface area contributed by atoms with Crippen molar-refractivity contribution in [3.05, 3.63) is 35.6 Å². The molecule has 1 aromatic carbocycles. The zero-order valence-corrected chi connectivity index (χ0v) is 13.8. The largest absolute Gasteiger partial charge is 0.354 e. The van der Waals surface area contributed by atoms with Crippen molar-refractivity contribution in [1.29, 1.82) is 0 Å². The molecule has 1 saturated carbocycles. The number of hydrogen-bond acceptors (Lipinski definition) is 3. The zero-order valence-electron chi connectivity index (χ0n) is 12.9. The average Bonchev–Trinajstić information content (AvgIpc) is 3.01. The van der Waals surface area contributed by atoms with Crippen molar-refractivity contribution in [3.8, 4) is 0 Å². The van der Waals surface area contributed by atoms with E-state index in [1.807, 2.05) is 0 Å². The van der Waals surface area contributed by atoms with Crippen molar-refractivity contribution >= 4 is 24.2 Å². The van der Waals surface area contributed by atoms with Crippen LogP contribution in [0.1, 0.15) is 31.2 Å². The van der Waals surface area contributed by atoms with Gasteiger partial charge in [-0.2, -0.15) is 0 Å². The van der Waals surface area contributed by atoms with Crippen LogP contribution in [0.15, 0.2) is 24.3 Å². The third kappa shape index (κ3) is 5.18. The summed E-state index contributed by atoms with van der Waals surface area (Å²) in [7, 11) is 0. The van der Waals surface area contributed by atoms with Crippen LogP contribution in [0.3, 0.4) is 0 Å². The van der Waals surface area contributed by atoms with Crippen molar-refractivity contribution in [1.82, 2.24) is 10.6 Å². The molecule has 0 aliphatic heterocycles. The number of hydrogen-bond donors (Lipinski definition) is 3. The molecule has 0 spiro atoms. The quantitative estimate of drug-likeness (QED) is 0.727. The summed E-state index contributed by atoms with van der Waals surface area (Å²) < 4.78 is 13.1. The molecule has 0 saturated heterocycles. The van der Waals surface area contributed by atoms with E-state index >= 15 is 0 Å². The Morgan fingerprint density at radius 1 is 1.09 bits per heavy atom. The van der Waals surface area contributed by atoms with Gasteiger partial charge in [0.05, 0.1) is 13.1 Å². The minimum Gasteiger partial charge on any atom is -0.354 e. The van der Waals surface area contributed by atoms with Crippen LogP contribution >= 0.6 is 12.4 Å². The smallest absolute Gasteiger partial charge is 0.239 e. The second-order valence-electron chi connectivity index (χ2n) is 5.75. The van der Waals surface area contributed by atoms with Gasteiger partial charge in [-0.1, -0.05) is 25.0 Å². The molecule has 23 heavy (non-hydrogen) atoms. The summed E-state index contributed by atoms with van der Waals surface area (Å²) in [6, 6.07) is 6.50. The number of amides is 2. The van der Waals surface area contributed by atoms with E-state index in [9.17, 15) is 14.0 Å². The Bertz CT molecular complexity index is 531. The average molecular weight is 344 g/mol. The van der Waals surface area contributed by atoms with E-state index < -0.39 is 0 Å². The van der Waals surface area contributed by atoms with Gasteiger partial charge in [0.2, 0.25) is 11.8 Å². The van der Waals surface area contributed by atoms with Crippen molar-refractivity contribution in [2.45, 2.75) is 31.1 Å². The molecule has 1 aliphatic rings. The Morgan fingerprint density at radius 2 is 1.70 bits per heavy atom. The van der Waals surface area contributed by atoms with Gasteiger partial charge in [-0.05, 0) is 30.5 Å². The molecule has 4 N–H and O–H groups in total. The van der Waals surface area contributed by atoms with Crippen molar-refractivity contribution in [2.75, 3.05) is 19.6 Å². The lowest BCUT2D eigenvalue weighted by Gasteiger charge is -2.30. The normalized spacial score (nSPS) is 15.6. The summed E-state index contributed by atoms with van der Waals surface area (Å²) in [5, 5.41) is 5.31. The molecule has 128 valence electrons. The maximum Gasteiger partial charge on any atom is 0.239 e. The number of carbonyl (C=O) groups is 2. The Labute approximate surface area is 141 Å². The molecule has 0 radical (unpaired) electrons. The highest BCUT2D eigenvalue weighted by Crippen LogP contribution is 2.40. The first kappa shape index (κ1) is 19.4. The first-order valence-electron chi connectivity index (χ1n) is 7.55. The predicted molar refractivity (Wildman–Crippen MR) is 88.9 cm³/mol. The number of rotatable bonds is 6. The minimum atomic E-state index is -0.357. The van der Waals surface area contributed by atoms with Crippen LogP contribution in [-0.4, -0.2) is 31.4 Å². The van der Waals surface area contributed by atoms with Crippen LogP contribution in [0.5, 0.6) is 0 Å². The fourth-order valence-corrected chi connectivity index (χ4v) is 3.00. The van der Waals surface area contributed by atoms with Crippen LogP contribution in [0.25, 0.3) is 0 Å². The predicted octanol–water partition coefficient (Wildman–Crippen LogP) is 1.25. The standard InChI is InChI=1S/C16H22FN3O2.ClH/c17-13-5-3-12(4-6-13)16(7-1-2-8-16)11-20-15(22)10-19-14(21)9-18;/h3-6H,1-2,7-11,18H2,(H,19,21)(H,20,22);1H. The second-order valence-corrected chi connectivity index (χ2v) is 5.75. The fourth-order valence-electron chi connectivity index (χ4n) is 3.00. The van der Waals surface area contributed by atoms with Crippen LogP contribution in [0.4, 0.5) is 4.39 Å². The minimum absolute atomic E-state index is 0. The molecule has 1 aliphatic carbocycles. The van der Waals surface area contributed by atoms with Gasteiger partial charge in [0.15, 0.2) is 0 Å². The van der Waals surface area contributed by atoms with E-state index in [1.165, 1.54) is 12.1 Å². The Kier molecular flexibility index (Phi) is 7.45. The van der Waals surface area contributed by atoms with Gasteiger partial charge in [0.25, 0.3) is 0 Å². The first-order chi connectivity index (χ1) is 10.6. The summed E-state index contributed by atoms with van der Waals surface area (Å²) in [6.07, 6.45) is 4.12. The zero-order chi connectivity index (χ0) is 16.0. The van der Waals surface area contributed by atoms with Crippen molar-refractivity contribution in [2.24, 2.45) is 5.73 Å². The molecule has 2 amide bonds. The highest BCUT2D eigenvalue weighted by molar-refractivity contribution is 5.85. The molecular formula is C16H23ClFN3O2. The van der Waals surface area contributed by atoms with Gasteiger partial charge in [0.1, 0.15) is 5.82 Å². The summed E-state index contributed by atoms with van der Waals surface area (Å²) in [6.45, 7) is 0.290. The van der Waals surface area contributed by atoms with Crippen LogP contribution < -0.4 is 16.4 Å². The topological polar surface area (TPSA) is 84.2 Å². The molecule has 1 fully saturated rings. The van der Waals surface area contributed by atoms with Crippen LogP contribution in [-0.2, 0) is 15.0 Å². The number of nitrogens with two attached hydrogens (primary N) is 1. The lowest BCUT2D eigenvalue weighted by atomic mass is 9.79. The Hall–Kier alpha value is -1.66. The van der Waals surface area contributed by atoms with E-state index in [4.69, 9.17) is 5.73 Å². The van der Waals surface area contributed by atoms with Crippen LogP contribution in [0.2, 0.25) is 0 Å². The van der Waals surface area contributed by atoms with Gasteiger partial charge in [-0.25, -0.2) is 4.39 Å². The lowest BCUT2D eigenvalue weighted by molar-refractivity contribution is -0.125. The van der Waals surface area contributed by atoms with Crippen LogP contribution in [0, 0.1) is 5.82 Å². The van der Waals surface area contributed by atoms with Gasteiger partial charge in [-0.15, -0.1) is 12.4 Å². The van der Waals surface area contributed by atoms with E-state index in [0.29, 0.717) is 6.54 Å². The molecule has 0 aromatic heterocycles. The first-order valence-corrected chi connectivity index (χ1v) is 7.55. The second kappa shape index (κ2) is 8.84. The van der Waals surface area contributed by atoms with E-state index in [0.717, 1.165) is 31.2 Å². The molecule has 0 atom stereocenters. The number of halogens is 2. The molecule has 2 rings (SSSR count). The summed E-state index contributed by atoms with van der Waals surface area (Å²) >= 11 is 0. The maximum absolute atomic E-state index is 13.1. The van der Waals surface area contributed by atoms with Gasteiger partial charge in [0, 0.05) is 12.0 Å². The highest BCUT2D eigenvalue weighted by Gasteiger charge is 2.35. The molecule has 7 heteroatoms. The van der Waals surface area contributed by atoms with Gasteiger partial charge < -0.3 is 16.4 Å². The molecular weight excluding hydrogens is 321 g/mol.